The van der Waals surface area contributed by atoms with Gasteiger partial charge in [-0.15, -0.1) is 10.2 Å². The van der Waals surface area contributed by atoms with Crippen LogP contribution < -0.4 is 0 Å². The molecule has 0 fully saturated rings. The van der Waals surface area contributed by atoms with Crippen molar-refractivity contribution in [3.05, 3.63) is 71.8 Å². The van der Waals surface area contributed by atoms with Crippen LogP contribution in [0.2, 0.25) is 0 Å². The van der Waals surface area contributed by atoms with Crippen LogP contribution in [0, 0.1) is 0 Å². The van der Waals surface area contributed by atoms with Gasteiger partial charge in [-0.2, -0.15) is 0 Å². The van der Waals surface area contributed by atoms with Crippen LogP contribution in [0.4, 0.5) is 0 Å². The van der Waals surface area contributed by atoms with Gasteiger partial charge in [0.25, 0.3) is 0 Å². The fraction of sp³-hybridized carbons (Fsp3) is 0.333. The molecule has 3 rings (SSSR count). The van der Waals surface area contributed by atoms with Crippen molar-refractivity contribution in [2.24, 2.45) is 0 Å². The van der Waals surface area contributed by atoms with Crippen LogP contribution in [-0.2, 0) is 22.7 Å². The quantitative estimate of drug-likeness (QED) is 0.332. The molecule has 0 unspecified atom stereocenters. The first-order chi connectivity index (χ1) is 16.1. The number of rotatable bonds is 12. The Hall–Kier alpha value is -2.36. The van der Waals surface area contributed by atoms with Crippen molar-refractivity contribution >= 4 is 46.7 Å². The minimum absolute atomic E-state index is 0.0745. The Morgan fingerprint density at radius 2 is 1.12 bits per heavy atom. The van der Waals surface area contributed by atoms with Crippen LogP contribution in [0.15, 0.2) is 69.3 Å². The molecule has 2 aromatic carbocycles. The summed E-state index contributed by atoms with van der Waals surface area (Å²) in [6, 6.07) is 20.0. The Kier molecular flexibility index (Phi) is 10.2. The molecule has 33 heavy (non-hydrogen) atoms. The van der Waals surface area contributed by atoms with E-state index in [9.17, 15) is 9.59 Å². The van der Waals surface area contributed by atoms with E-state index in [1.165, 1.54) is 34.9 Å². The maximum Gasteiger partial charge on any atom is 0.233 e. The molecule has 0 spiro atoms. The first kappa shape index (κ1) is 25.3. The molecule has 0 aliphatic heterocycles. The molecule has 174 valence electrons. The van der Waals surface area contributed by atoms with Crippen molar-refractivity contribution in [3.63, 3.8) is 0 Å². The summed E-state index contributed by atoms with van der Waals surface area (Å²) >= 11 is 4.22. The first-order valence-electron chi connectivity index (χ1n) is 10.8. The monoisotopic (exact) mass is 500 g/mol. The van der Waals surface area contributed by atoms with Crippen molar-refractivity contribution in [2.75, 3.05) is 24.6 Å². The fourth-order valence-electron chi connectivity index (χ4n) is 3.10. The molecule has 2 amide bonds. The van der Waals surface area contributed by atoms with E-state index in [1.807, 2.05) is 84.3 Å². The van der Waals surface area contributed by atoms with E-state index in [4.69, 9.17) is 0 Å². The van der Waals surface area contributed by atoms with E-state index >= 15 is 0 Å². The highest BCUT2D eigenvalue weighted by Gasteiger charge is 2.16. The van der Waals surface area contributed by atoms with Gasteiger partial charge >= 0.3 is 0 Å². The first-order valence-corrected chi connectivity index (χ1v) is 13.6. The second-order valence-corrected chi connectivity index (χ2v) is 10.6. The van der Waals surface area contributed by atoms with Crippen LogP contribution >= 0.6 is 34.9 Å². The molecule has 0 radical (unpaired) electrons. The Labute approximate surface area is 207 Å². The van der Waals surface area contributed by atoms with E-state index in [0.29, 0.717) is 37.7 Å². The molecule has 0 N–H and O–H groups in total. The molecule has 0 aliphatic carbocycles. The summed E-state index contributed by atoms with van der Waals surface area (Å²) in [5.41, 5.74) is 2.23. The lowest BCUT2D eigenvalue weighted by Crippen LogP contribution is -2.31. The highest BCUT2D eigenvalue weighted by Crippen LogP contribution is 2.29. The highest BCUT2D eigenvalue weighted by molar-refractivity contribution is 8.03. The van der Waals surface area contributed by atoms with Crippen LogP contribution in [0.5, 0.6) is 0 Å². The van der Waals surface area contributed by atoms with Crippen LogP contribution in [0.3, 0.4) is 0 Å². The van der Waals surface area contributed by atoms with Crippen molar-refractivity contribution in [2.45, 2.75) is 35.6 Å². The average molecular weight is 501 g/mol. The summed E-state index contributed by atoms with van der Waals surface area (Å²) in [6.45, 7) is 6.49. The van der Waals surface area contributed by atoms with Gasteiger partial charge < -0.3 is 9.80 Å². The number of thioether (sulfide) groups is 2. The van der Waals surface area contributed by atoms with Crippen molar-refractivity contribution in [1.29, 1.82) is 0 Å². The lowest BCUT2D eigenvalue weighted by atomic mass is 10.2. The Balaban J connectivity index is 1.45. The Morgan fingerprint density at radius 3 is 1.48 bits per heavy atom. The molecule has 0 saturated carbocycles. The lowest BCUT2D eigenvalue weighted by molar-refractivity contribution is -0.129. The van der Waals surface area contributed by atoms with Gasteiger partial charge in [-0.1, -0.05) is 95.5 Å². The molecule has 9 heteroatoms. The smallest absolute Gasteiger partial charge is 0.233 e. The number of nitrogens with zero attached hydrogens (tertiary/aromatic N) is 4. The highest BCUT2D eigenvalue weighted by atomic mass is 32.2. The zero-order valence-electron chi connectivity index (χ0n) is 18.8. The number of aromatic nitrogens is 2. The number of carbonyl (C=O) groups excluding carboxylic acids is 2. The molecule has 1 heterocycles. The number of carbonyl (C=O) groups is 2. The maximum atomic E-state index is 12.6. The van der Waals surface area contributed by atoms with Gasteiger partial charge in [0, 0.05) is 26.2 Å². The normalized spacial score (nSPS) is 10.7. The molecule has 1 aromatic heterocycles. The predicted octanol–water partition coefficient (Wildman–Crippen LogP) is 4.82. The number of amides is 2. The minimum Gasteiger partial charge on any atom is -0.338 e. The molecular weight excluding hydrogens is 472 g/mol. The summed E-state index contributed by atoms with van der Waals surface area (Å²) in [7, 11) is 0. The second-order valence-electron chi connectivity index (χ2n) is 7.20. The van der Waals surface area contributed by atoms with Gasteiger partial charge in [0.15, 0.2) is 8.68 Å². The summed E-state index contributed by atoms with van der Waals surface area (Å²) in [6.07, 6.45) is 0. The molecule has 6 nitrogen and oxygen atoms in total. The summed E-state index contributed by atoms with van der Waals surface area (Å²) in [5, 5.41) is 8.37. The van der Waals surface area contributed by atoms with Gasteiger partial charge in [0.2, 0.25) is 11.8 Å². The largest absolute Gasteiger partial charge is 0.338 e. The van der Waals surface area contributed by atoms with E-state index in [-0.39, 0.29) is 11.8 Å². The third kappa shape index (κ3) is 8.17. The van der Waals surface area contributed by atoms with E-state index in [2.05, 4.69) is 10.2 Å². The molecule has 0 aliphatic rings. The zero-order chi connectivity index (χ0) is 23.5. The van der Waals surface area contributed by atoms with Crippen molar-refractivity contribution < 1.29 is 9.59 Å². The number of hydrogen-bond donors (Lipinski definition) is 0. The SMILES string of the molecule is CCN(Cc1ccccc1)C(=O)CSc1nnc(SCC(=O)N(CC)Cc2ccccc2)s1. The number of hydrogen-bond acceptors (Lipinski definition) is 7. The molecule has 3 aromatic rings. The Bertz CT molecular complexity index is 935. The fourth-order valence-corrected chi connectivity index (χ4v) is 5.93. The van der Waals surface area contributed by atoms with Gasteiger partial charge in [-0.05, 0) is 25.0 Å². The van der Waals surface area contributed by atoms with Crippen LogP contribution in [0.25, 0.3) is 0 Å². The zero-order valence-corrected chi connectivity index (χ0v) is 21.3. The van der Waals surface area contributed by atoms with Gasteiger partial charge in [-0.3, -0.25) is 9.59 Å². The van der Waals surface area contributed by atoms with Gasteiger partial charge in [-0.25, -0.2) is 0 Å². The molecule has 0 saturated heterocycles. The molecule has 0 bridgehead atoms. The lowest BCUT2D eigenvalue weighted by Gasteiger charge is -2.20. The summed E-state index contributed by atoms with van der Waals surface area (Å²) in [5.74, 6) is 0.787. The molecular formula is C24H28N4O2S3. The predicted molar refractivity (Wildman–Crippen MR) is 136 cm³/mol. The topological polar surface area (TPSA) is 66.4 Å². The van der Waals surface area contributed by atoms with Gasteiger partial charge in [0.1, 0.15) is 0 Å². The number of benzene rings is 2. The Morgan fingerprint density at radius 1 is 0.727 bits per heavy atom. The van der Waals surface area contributed by atoms with Crippen molar-refractivity contribution in [3.8, 4) is 0 Å². The summed E-state index contributed by atoms with van der Waals surface area (Å²) < 4.78 is 1.48. The third-order valence-electron chi connectivity index (χ3n) is 4.93. The summed E-state index contributed by atoms with van der Waals surface area (Å²) in [4.78, 5) is 29.0. The minimum atomic E-state index is 0.0745. The van der Waals surface area contributed by atoms with E-state index in [0.717, 1.165) is 19.8 Å². The van der Waals surface area contributed by atoms with E-state index in [1.54, 1.807) is 0 Å². The standard InChI is InChI=1S/C24H28N4O2S3/c1-3-27(15-19-11-7-5-8-12-19)21(29)17-31-23-25-26-24(33-23)32-18-22(30)28(4-2)16-20-13-9-6-10-14-20/h5-14H,3-4,15-18H2,1-2H3. The van der Waals surface area contributed by atoms with Crippen molar-refractivity contribution in [1.82, 2.24) is 20.0 Å². The van der Waals surface area contributed by atoms with Gasteiger partial charge in [0.05, 0.1) is 11.5 Å². The molecule has 0 atom stereocenters. The van der Waals surface area contributed by atoms with Crippen LogP contribution in [-0.4, -0.2) is 56.4 Å². The second kappa shape index (κ2) is 13.4. The van der Waals surface area contributed by atoms with E-state index < -0.39 is 0 Å². The average Bonchev–Trinajstić information content (AvgIpc) is 3.32. The van der Waals surface area contributed by atoms with Crippen LogP contribution in [0.1, 0.15) is 25.0 Å². The maximum absolute atomic E-state index is 12.6. The third-order valence-corrected chi connectivity index (χ3v) is 8.09.